The molecular weight excluding hydrogens is 632 g/mol. The van der Waals surface area contributed by atoms with Gasteiger partial charge in [-0.15, -0.1) is 0 Å². The Morgan fingerprint density at radius 2 is 0.310 bits per heavy atom. The van der Waals surface area contributed by atoms with Gasteiger partial charge in [0, 0.05) is 23.8 Å². The summed E-state index contributed by atoms with van der Waals surface area (Å²) in [6.07, 6.45) is 40.2. The molecule has 0 bridgehead atoms. The third-order valence-corrected chi connectivity index (χ3v) is 17.5. The number of unbranched alkanes of at least 4 members (excludes halogenated alkanes) is 9. The summed E-state index contributed by atoms with van der Waals surface area (Å²) >= 11 is 0. The highest BCUT2D eigenvalue weighted by Crippen LogP contribution is 2.40. The minimum atomic E-state index is 0. The molecule has 0 saturated heterocycles. The molecule has 0 atom stereocenters. The van der Waals surface area contributed by atoms with E-state index in [2.05, 4.69) is 62.3 Å². The molecule has 0 amide bonds. The van der Waals surface area contributed by atoms with Gasteiger partial charge in [-0.2, -0.15) is 0 Å². The summed E-state index contributed by atoms with van der Waals surface area (Å²) in [6, 6.07) is 0. The molecule has 0 N–H and O–H groups in total. The normalized spacial score (nSPS) is 10.3. The SMILES string of the molecule is CCCC[PH+](CCCC)CCCC.CCCC[PH+](CCCC)CCCC.CCCC[PH+](CCCC)CCCC.[Cl-].[Cl-].[Cl-]. The highest BCUT2D eigenvalue weighted by Gasteiger charge is 2.14. The summed E-state index contributed by atoms with van der Waals surface area (Å²) in [7, 11) is 0.202. The predicted molar refractivity (Wildman–Crippen MR) is 203 cm³/mol. The highest BCUT2D eigenvalue weighted by atomic mass is 35.5. The van der Waals surface area contributed by atoms with Crippen LogP contribution >= 0.6 is 23.8 Å². The van der Waals surface area contributed by atoms with Crippen LogP contribution in [0.3, 0.4) is 0 Å². The Kier molecular flexibility index (Phi) is 70.9. The van der Waals surface area contributed by atoms with E-state index in [1.165, 1.54) is 116 Å². The van der Waals surface area contributed by atoms with Crippen molar-refractivity contribution in [2.45, 2.75) is 178 Å². The van der Waals surface area contributed by atoms with Crippen LogP contribution in [0.15, 0.2) is 0 Å². The van der Waals surface area contributed by atoms with E-state index in [1.807, 2.05) is 0 Å². The van der Waals surface area contributed by atoms with Gasteiger partial charge < -0.3 is 37.2 Å². The van der Waals surface area contributed by atoms with Crippen molar-refractivity contribution in [1.82, 2.24) is 0 Å². The van der Waals surface area contributed by atoms with Crippen LogP contribution in [0.4, 0.5) is 0 Å². The van der Waals surface area contributed by atoms with Crippen LogP contribution in [0.1, 0.15) is 178 Å². The summed E-state index contributed by atoms with van der Waals surface area (Å²) < 4.78 is 0. The quantitative estimate of drug-likeness (QED) is 0.107. The first kappa shape index (κ1) is 56.5. The number of hydrogen-bond acceptors (Lipinski definition) is 0. The predicted octanol–water partition coefficient (Wildman–Crippen LogP) is 4.81. The maximum Gasteiger partial charge on any atom is 0.0571 e. The van der Waals surface area contributed by atoms with Crippen LogP contribution in [-0.2, 0) is 0 Å². The lowest BCUT2D eigenvalue weighted by atomic mass is 10.4. The van der Waals surface area contributed by atoms with Gasteiger partial charge in [0.25, 0.3) is 0 Å². The molecule has 0 aromatic heterocycles. The Bertz CT molecular complexity index is 289. The zero-order valence-electron chi connectivity index (χ0n) is 30.7. The summed E-state index contributed by atoms with van der Waals surface area (Å²) in [5, 5.41) is 0. The fraction of sp³-hybridized carbons (Fsp3) is 1.00. The van der Waals surface area contributed by atoms with Crippen molar-refractivity contribution in [1.29, 1.82) is 0 Å². The van der Waals surface area contributed by atoms with Gasteiger partial charge >= 0.3 is 0 Å². The van der Waals surface area contributed by atoms with Crippen molar-refractivity contribution >= 4 is 23.8 Å². The van der Waals surface area contributed by atoms with Crippen LogP contribution in [0.25, 0.3) is 0 Å². The minimum Gasteiger partial charge on any atom is -1.00 e. The first-order valence-corrected chi connectivity index (χ1v) is 24.9. The summed E-state index contributed by atoms with van der Waals surface area (Å²) in [4.78, 5) is 0. The summed E-state index contributed by atoms with van der Waals surface area (Å²) in [6.45, 7) is 20.9. The van der Waals surface area contributed by atoms with Crippen molar-refractivity contribution in [3.8, 4) is 0 Å². The molecule has 0 spiro atoms. The maximum absolute atomic E-state index is 2.32. The van der Waals surface area contributed by atoms with Crippen LogP contribution in [-0.4, -0.2) is 55.5 Å². The van der Waals surface area contributed by atoms with Crippen LogP contribution in [0, 0.1) is 0 Å². The van der Waals surface area contributed by atoms with E-state index < -0.39 is 0 Å². The van der Waals surface area contributed by atoms with E-state index >= 15 is 0 Å². The molecule has 0 saturated carbocycles. The monoisotopic (exact) mass is 714 g/mol. The lowest BCUT2D eigenvalue weighted by Crippen LogP contribution is -3.00. The molecule has 0 aromatic rings. The van der Waals surface area contributed by atoms with E-state index in [0.717, 1.165) is 0 Å². The Balaban J connectivity index is -0.000000112. The fourth-order valence-corrected chi connectivity index (χ4v) is 14.9. The van der Waals surface area contributed by atoms with E-state index in [1.54, 1.807) is 55.5 Å². The molecule has 0 aliphatic rings. The molecule has 0 unspecified atom stereocenters. The topological polar surface area (TPSA) is 0 Å². The number of halogens is 3. The van der Waals surface area contributed by atoms with Crippen LogP contribution in [0.5, 0.6) is 0 Å². The van der Waals surface area contributed by atoms with E-state index in [9.17, 15) is 0 Å². The van der Waals surface area contributed by atoms with Crippen molar-refractivity contribution in [2.75, 3.05) is 55.5 Å². The molecule has 0 radical (unpaired) electrons. The highest BCUT2D eigenvalue weighted by molar-refractivity contribution is 7.58. The molecule has 0 aliphatic heterocycles. The average Bonchev–Trinajstić information content (AvgIpc) is 2.96. The zero-order chi connectivity index (χ0) is 29.8. The molecule has 0 heterocycles. The van der Waals surface area contributed by atoms with Gasteiger partial charge in [0.05, 0.1) is 55.5 Å². The molecule has 6 heteroatoms. The molecule has 264 valence electrons. The molecule has 0 nitrogen and oxygen atoms in total. The van der Waals surface area contributed by atoms with Crippen molar-refractivity contribution in [3.05, 3.63) is 0 Å². The molecule has 0 aliphatic carbocycles. The van der Waals surface area contributed by atoms with Crippen LogP contribution in [0.2, 0.25) is 0 Å². The Morgan fingerprint density at radius 1 is 0.214 bits per heavy atom. The van der Waals surface area contributed by atoms with E-state index in [4.69, 9.17) is 0 Å². The van der Waals surface area contributed by atoms with Crippen LogP contribution < -0.4 is 37.2 Å². The summed E-state index contributed by atoms with van der Waals surface area (Å²) in [5.74, 6) is 0. The Labute approximate surface area is 292 Å². The Hall–Kier alpha value is 2.16. The first-order chi connectivity index (χ1) is 19.0. The lowest BCUT2D eigenvalue weighted by Gasteiger charge is -2.09. The fourth-order valence-electron chi connectivity index (χ4n) is 4.97. The smallest absolute Gasteiger partial charge is 0.0571 e. The van der Waals surface area contributed by atoms with Gasteiger partial charge in [-0.25, -0.2) is 0 Å². The Morgan fingerprint density at radius 3 is 0.381 bits per heavy atom. The number of hydrogen-bond donors (Lipinski definition) is 0. The largest absolute Gasteiger partial charge is 1.00 e. The first-order valence-electron chi connectivity index (χ1n) is 18.5. The van der Waals surface area contributed by atoms with Crippen molar-refractivity contribution < 1.29 is 37.2 Å². The van der Waals surface area contributed by atoms with Crippen molar-refractivity contribution in [3.63, 3.8) is 0 Å². The van der Waals surface area contributed by atoms with Gasteiger partial charge in [0.1, 0.15) is 0 Å². The zero-order valence-corrected chi connectivity index (χ0v) is 36.0. The van der Waals surface area contributed by atoms with E-state index in [0.29, 0.717) is 0 Å². The summed E-state index contributed by atoms with van der Waals surface area (Å²) in [5.41, 5.74) is 0. The van der Waals surface area contributed by atoms with Gasteiger partial charge in [0.15, 0.2) is 0 Å². The van der Waals surface area contributed by atoms with Gasteiger partial charge in [-0.1, -0.05) is 120 Å². The second-order valence-corrected chi connectivity index (χ2v) is 21.2. The second kappa shape index (κ2) is 52.7. The second-order valence-electron chi connectivity index (χ2n) is 12.2. The third-order valence-electron chi connectivity index (χ3n) is 7.95. The maximum atomic E-state index is 2.32. The molecule has 0 rings (SSSR count). The van der Waals surface area contributed by atoms with Gasteiger partial charge in [-0.05, 0) is 57.8 Å². The lowest BCUT2D eigenvalue weighted by molar-refractivity contribution is -0.00100. The molecule has 42 heavy (non-hydrogen) atoms. The molecular formula is C36H84Cl3P3. The van der Waals surface area contributed by atoms with E-state index in [-0.39, 0.29) is 61.0 Å². The third kappa shape index (κ3) is 49.0. The minimum absolute atomic E-state index is 0. The van der Waals surface area contributed by atoms with Gasteiger partial charge in [-0.3, -0.25) is 0 Å². The standard InChI is InChI=1S/3C12H27P.3ClH/c3*1-4-7-10-13(11-8-5-2)12-9-6-3;;;/h3*4-12H2,1-3H3;3*1H. The average molecular weight is 716 g/mol. The molecule has 0 aromatic carbocycles. The number of rotatable bonds is 27. The van der Waals surface area contributed by atoms with Gasteiger partial charge in [0.2, 0.25) is 0 Å². The molecule has 0 fully saturated rings. The van der Waals surface area contributed by atoms with Crippen molar-refractivity contribution in [2.24, 2.45) is 0 Å².